The topological polar surface area (TPSA) is 145 Å². The lowest BCUT2D eigenvalue weighted by Crippen LogP contribution is -2.59. The van der Waals surface area contributed by atoms with E-state index in [2.05, 4.69) is 15.3 Å². The van der Waals surface area contributed by atoms with E-state index >= 15 is 0 Å². The van der Waals surface area contributed by atoms with E-state index in [0.29, 0.717) is 22.7 Å². The van der Waals surface area contributed by atoms with Gasteiger partial charge >= 0.3 is 11.9 Å². The molecule has 0 aromatic heterocycles. The summed E-state index contributed by atoms with van der Waals surface area (Å²) in [5, 5.41) is 28.6. The molecule has 4 rings (SSSR count). The zero-order valence-electron chi connectivity index (χ0n) is 23.2. The summed E-state index contributed by atoms with van der Waals surface area (Å²) in [6, 6.07) is 25.6. The van der Waals surface area contributed by atoms with Gasteiger partial charge < -0.3 is 20.3 Å². The number of hydrogen-bond acceptors (Lipinski definition) is 5. The minimum Gasteiger partial charge on any atom is -0.481 e. The quantitative estimate of drug-likeness (QED) is 0.0870. The summed E-state index contributed by atoms with van der Waals surface area (Å²) in [5.74, 6) is -3.53. The van der Waals surface area contributed by atoms with Gasteiger partial charge in [0.25, 0.3) is 0 Å². The zero-order chi connectivity index (χ0) is 30.1. The fourth-order valence-corrected chi connectivity index (χ4v) is 6.30. The zero-order valence-corrected chi connectivity index (χ0v) is 23.9. The third kappa shape index (κ3) is 6.60. The highest BCUT2D eigenvalue weighted by Gasteiger charge is 2.57. The Morgan fingerprint density at radius 2 is 1.69 bits per heavy atom. The summed E-state index contributed by atoms with van der Waals surface area (Å²) in [4.78, 5) is 29.1. The van der Waals surface area contributed by atoms with Crippen molar-refractivity contribution < 1.29 is 24.5 Å². The molecule has 0 spiro atoms. The van der Waals surface area contributed by atoms with Gasteiger partial charge in [0.1, 0.15) is 5.41 Å². The maximum atomic E-state index is 13.6. The lowest BCUT2D eigenvalue weighted by molar-refractivity contribution is -0.155. The number of halogens is 1. The molecular formula is C32H33ClN4O5. The molecule has 9 nitrogen and oxygen atoms in total. The van der Waals surface area contributed by atoms with Crippen LogP contribution in [0, 0.1) is 5.41 Å². The van der Waals surface area contributed by atoms with Crippen molar-refractivity contribution in [2.75, 3.05) is 19.8 Å². The van der Waals surface area contributed by atoms with E-state index in [-0.39, 0.29) is 37.7 Å². The van der Waals surface area contributed by atoms with Gasteiger partial charge in [-0.2, -0.15) is 0 Å². The number of aliphatic carboxylic acids is 2. The predicted octanol–water partition coefficient (Wildman–Crippen LogP) is 6.76. The number of nitrogens with zero attached hydrogens (tertiary/aromatic N) is 3. The molecule has 3 unspecified atom stereocenters. The number of allylic oxidation sites excluding steroid dienone is 1. The third-order valence-electron chi connectivity index (χ3n) is 7.96. The van der Waals surface area contributed by atoms with Crippen LogP contribution in [0.5, 0.6) is 0 Å². The monoisotopic (exact) mass is 588 g/mol. The predicted molar refractivity (Wildman–Crippen MR) is 160 cm³/mol. The van der Waals surface area contributed by atoms with Crippen molar-refractivity contribution in [3.63, 3.8) is 0 Å². The average molecular weight is 589 g/mol. The van der Waals surface area contributed by atoms with Gasteiger partial charge in [-0.1, -0.05) is 89.5 Å². The van der Waals surface area contributed by atoms with Crippen LogP contribution in [0.4, 0.5) is 0 Å². The van der Waals surface area contributed by atoms with Crippen LogP contribution in [0.2, 0.25) is 5.02 Å². The van der Waals surface area contributed by atoms with Crippen LogP contribution in [0.25, 0.3) is 10.4 Å². The fraction of sp³-hybridized carbons (Fsp3) is 0.312. The van der Waals surface area contributed by atoms with Crippen molar-refractivity contribution in [2.24, 2.45) is 10.5 Å². The number of carboxylic acids is 2. The summed E-state index contributed by atoms with van der Waals surface area (Å²) < 4.78 is 5.82. The number of hydrogen-bond donors (Lipinski definition) is 3. The number of azide groups is 1. The van der Waals surface area contributed by atoms with Crippen molar-refractivity contribution >= 4 is 23.5 Å². The molecule has 3 N–H and O–H groups in total. The molecule has 0 aliphatic carbocycles. The van der Waals surface area contributed by atoms with E-state index in [9.17, 15) is 19.8 Å². The number of carbonyl (C=O) groups is 2. The first kappa shape index (κ1) is 30.7. The van der Waals surface area contributed by atoms with Crippen LogP contribution >= 0.6 is 11.6 Å². The van der Waals surface area contributed by atoms with Gasteiger partial charge in [-0.15, -0.1) is 0 Å². The molecular weight excluding hydrogens is 556 g/mol. The largest absolute Gasteiger partial charge is 0.481 e. The first-order valence-corrected chi connectivity index (χ1v) is 14.0. The van der Waals surface area contributed by atoms with Crippen molar-refractivity contribution in [2.45, 2.75) is 37.6 Å². The highest BCUT2D eigenvalue weighted by atomic mass is 35.5. The molecule has 0 radical (unpaired) electrons. The average Bonchev–Trinajstić information content (AvgIpc) is 2.98. The van der Waals surface area contributed by atoms with Gasteiger partial charge in [-0.3, -0.25) is 4.79 Å². The Bertz CT molecular complexity index is 1440. The molecule has 0 fully saturated rings. The van der Waals surface area contributed by atoms with Crippen LogP contribution in [-0.2, 0) is 14.3 Å². The van der Waals surface area contributed by atoms with Crippen LogP contribution in [-0.4, -0.2) is 48.0 Å². The van der Waals surface area contributed by atoms with Gasteiger partial charge in [-0.25, -0.2) is 4.79 Å². The van der Waals surface area contributed by atoms with E-state index in [1.165, 1.54) is 0 Å². The van der Waals surface area contributed by atoms with Gasteiger partial charge in [-0.05, 0) is 54.1 Å². The van der Waals surface area contributed by atoms with E-state index in [1.807, 2.05) is 60.7 Å². The molecule has 0 saturated carbocycles. The molecule has 42 heavy (non-hydrogen) atoms. The Balaban J connectivity index is 1.86. The molecule has 1 aliphatic rings. The minimum atomic E-state index is -1.64. The molecule has 0 bridgehead atoms. The molecule has 0 amide bonds. The van der Waals surface area contributed by atoms with E-state index in [0.717, 1.165) is 11.1 Å². The Morgan fingerprint density at radius 3 is 2.24 bits per heavy atom. The number of rotatable bonds is 13. The first-order chi connectivity index (χ1) is 20.3. The summed E-state index contributed by atoms with van der Waals surface area (Å²) in [7, 11) is 0. The Morgan fingerprint density at radius 1 is 1.05 bits per heavy atom. The summed E-state index contributed by atoms with van der Waals surface area (Å²) in [6.45, 7) is 1.76. The highest BCUT2D eigenvalue weighted by Crippen LogP contribution is 2.52. The number of benzene rings is 3. The molecule has 1 heterocycles. The molecule has 1 aliphatic heterocycles. The highest BCUT2D eigenvalue weighted by molar-refractivity contribution is 6.30. The number of carboxylic acid groups (broad SMARTS) is 2. The van der Waals surface area contributed by atoms with Crippen molar-refractivity contribution in [3.8, 4) is 0 Å². The molecule has 3 aromatic carbocycles. The summed E-state index contributed by atoms with van der Waals surface area (Å²) >= 11 is 6.37. The van der Waals surface area contributed by atoms with E-state index in [1.54, 1.807) is 31.2 Å². The summed E-state index contributed by atoms with van der Waals surface area (Å²) in [5.41, 5.74) is 9.86. The third-order valence-corrected chi connectivity index (χ3v) is 8.20. The second-order valence-corrected chi connectivity index (χ2v) is 10.8. The first-order valence-electron chi connectivity index (χ1n) is 13.7. The summed E-state index contributed by atoms with van der Waals surface area (Å²) in [6.07, 6.45) is 0.537. The maximum absolute atomic E-state index is 13.6. The van der Waals surface area contributed by atoms with Crippen LogP contribution in [0.1, 0.15) is 48.3 Å². The molecule has 3 atom stereocenters. The second kappa shape index (κ2) is 14.0. The lowest BCUT2D eigenvalue weighted by atomic mass is 9.59. The van der Waals surface area contributed by atoms with Gasteiger partial charge in [0, 0.05) is 34.0 Å². The Kier molecular flexibility index (Phi) is 10.3. The lowest BCUT2D eigenvalue weighted by Gasteiger charge is -2.48. The molecule has 218 valence electrons. The van der Waals surface area contributed by atoms with E-state index < -0.39 is 29.3 Å². The van der Waals surface area contributed by atoms with E-state index in [4.69, 9.17) is 21.9 Å². The van der Waals surface area contributed by atoms with Gasteiger partial charge in [0.05, 0.1) is 24.8 Å². The molecule has 0 saturated heterocycles. The smallest absolute Gasteiger partial charge is 0.333 e. The van der Waals surface area contributed by atoms with Crippen LogP contribution in [0.3, 0.4) is 0 Å². The van der Waals surface area contributed by atoms with Gasteiger partial charge in [0.15, 0.2) is 0 Å². The number of ether oxygens (including phenoxy) is 1. The van der Waals surface area contributed by atoms with Gasteiger partial charge in [0.2, 0.25) is 0 Å². The van der Waals surface area contributed by atoms with Crippen molar-refractivity contribution in [1.29, 1.82) is 0 Å². The normalized spacial score (nSPS) is 20.1. The second-order valence-electron chi connectivity index (χ2n) is 10.3. The minimum absolute atomic E-state index is 0.0269. The van der Waals surface area contributed by atoms with Crippen LogP contribution in [0.15, 0.2) is 101 Å². The SMILES string of the molecule is CC1=C(C(=O)O)C(c2cccc(Cl)c2)C(CCC(c2ccccc2)c2ccccc2)(C(=O)O)C(COCCN=[N+]=[N-])N1. The fourth-order valence-electron chi connectivity index (χ4n) is 6.10. The van der Waals surface area contributed by atoms with Crippen molar-refractivity contribution in [1.82, 2.24) is 5.32 Å². The Labute approximate surface area is 249 Å². The number of nitrogens with one attached hydrogen (secondary N) is 1. The maximum Gasteiger partial charge on any atom is 0.333 e. The van der Waals surface area contributed by atoms with Crippen molar-refractivity contribution in [3.05, 3.63) is 128 Å². The molecule has 3 aromatic rings. The van der Waals surface area contributed by atoms with Crippen LogP contribution < -0.4 is 5.32 Å². The molecule has 10 heteroatoms. The Hall–Kier alpha value is -4.30. The standard InChI is InChI=1S/C32H33ClN4O5/c1-21-28(30(38)39)29(24-13-8-14-25(33)19-24)32(31(40)41,27(36-21)20-42-18-17-35-37-34)16-15-26(22-9-4-2-5-10-22)23-11-6-3-7-12-23/h2-14,19,26-27,29,36H,15-18,20H2,1H3,(H,38,39)(H,40,41).